The molecule has 6 nitrogen and oxygen atoms in total. The number of benzene rings is 2. The molecule has 2 aromatic carbocycles. The van der Waals surface area contributed by atoms with E-state index in [1.807, 2.05) is 48.5 Å². The van der Waals surface area contributed by atoms with Gasteiger partial charge in [-0.2, -0.15) is 0 Å². The van der Waals surface area contributed by atoms with E-state index in [-0.39, 0.29) is 24.3 Å². The third kappa shape index (κ3) is 2.35. The maximum absolute atomic E-state index is 13.2. The normalized spacial score (nSPS) is 25.1. The van der Waals surface area contributed by atoms with Gasteiger partial charge in [-0.05, 0) is 31.2 Å². The van der Waals surface area contributed by atoms with Gasteiger partial charge in [-0.25, -0.2) is 0 Å². The van der Waals surface area contributed by atoms with Crippen LogP contribution in [0.3, 0.4) is 0 Å². The summed E-state index contributed by atoms with van der Waals surface area (Å²) in [6, 6.07) is 14.6. The number of carbonyl (C=O) groups excluding carboxylic acids is 3. The molecule has 0 saturated carbocycles. The van der Waals surface area contributed by atoms with Gasteiger partial charge < -0.3 is 0 Å². The first-order chi connectivity index (χ1) is 13.1. The molecule has 2 saturated heterocycles. The Hall–Kier alpha value is -2.64. The average molecular weight is 379 g/mol. The Balaban J connectivity index is 1.44. The number of likely N-dealkylation sites (N-methyl/N-ethyl adjacent to an activating group) is 1. The molecular weight excluding hydrogens is 362 g/mol. The Morgan fingerprint density at radius 2 is 1.44 bits per heavy atom. The average Bonchev–Trinajstić information content (AvgIpc) is 3.32. The number of piperazine rings is 1. The van der Waals surface area contributed by atoms with Crippen molar-refractivity contribution in [3.63, 3.8) is 0 Å². The first-order valence-electron chi connectivity index (χ1n) is 8.91. The maximum atomic E-state index is 13.2. The molecule has 3 heterocycles. The first-order valence-corrected chi connectivity index (χ1v) is 9.73. The van der Waals surface area contributed by atoms with Gasteiger partial charge in [0.15, 0.2) is 0 Å². The molecule has 27 heavy (non-hydrogen) atoms. The van der Waals surface area contributed by atoms with Crippen LogP contribution in [0.5, 0.6) is 0 Å². The van der Waals surface area contributed by atoms with Crippen molar-refractivity contribution in [3.05, 3.63) is 48.5 Å². The second kappa shape index (κ2) is 5.94. The highest BCUT2D eigenvalue weighted by Gasteiger charge is 2.66. The van der Waals surface area contributed by atoms with Gasteiger partial charge in [0.25, 0.3) is 0 Å². The monoisotopic (exact) mass is 379 g/mol. The van der Waals surface area contributed by atoms with Crippen LogP contribution in [0, 0.1) is 0 Å². The second-order valence-corrected chi connectivity index (χ2v) is 7.83. The molecule has 3 aliphatic heterocycles. The molecule has 0 bridgehead atoms. The highest BCUT2D eigenvalue weighted by molar-refractivity contribution is 7.99. The van der Waals surface area contributed by atoms with Crippen molar-refractivity contribution < 1.29 is 14.4 Å². The number of rotatable bonds is 3. The SMILES string of the molecule is CCN1C(=O)C2C(C1=O)N2CC(=O)N1c2ccccc2Sc2ccccc21. The zero-order chi connectivity index (χ0) is 18.7. The van der Waals surface area contributed by atoms with E-state index < -0.39 is 12.1 Å². The molecule has 2 fully saturated rings. The van der Waals surface area contributed by atoms with E-state index in [0.29, 0.717) is 6.54 Å². The van der Waals surface area contributed by atoms with Crippen LogP contribution in [-0.2, 0) is 14.4 Å². The molecule has 0 spiro atoms. The van der Waals surface area contributed by atoms with Crippen molar-refractivity contribution in [1.82, 2.24) is 9.80 Å². The van der Waals surface area contributed by atoms with Crippen LogP contribution < -0.4 is 4.90 Å². The fourth-order valence-electron chi connectivity index (χ4n) is 3.97. The summed E-state index contributed by atoms with van der Waals surface area (Å²) in [5, 5.41) is 0. The number of fused-ring (bicyclic) bond motifs is 3. The summed E-state index contributed by atoms with van der Waals surface area (Å²) < 4.78 is 0. The van der Waals surface area contributed by atoms with E-state index in [1.165, 1.54) is 4.90 Å². The van der Waals surface area contributed by atoms with Crippen LogP contribution >= 0.6 is 11.8 Å². The number of likely N-dealkylation sites (tertiary alicyclic amines) is 1. The molecule has 7 heteroatoms. The van der Waals surface area contributed by atoms with Crippen LogP contribution in [0.15, 0.2) is 58.3 Å². The minimum atomic E-state index is -0.467. The van der Waals surface area contributed by atoms with E-state index in [1.54, 1.807) is 28.5 Å². The smallest absolute Gasteiger partial charge is 0.248 e. The summed E-state index contributed by atoms with van der Waals surface area (Å²) in [5.74, 6) is -0.501. The number of imide groups is 1. The van der Waals surface area contributed by atoms with Crippen molar-refractivity contribution >= 4 is 40.9 Å². The molecule has 0 radical (unpaired) electrons. The molecule has 5 rings (SSSR count). The molecular formula is C20H17N3O3S. The summed E-state index contributed by atoms with van der Waals surface area (Å²) in [6.45, 7) is 2.23. The van der Waals surface area contributed by atoms with E-state index >= 15 is 0 Å². The van der Waals surface area contributed by atoms with E-state index in [9.17, 15) is 14.4 Å². The van der Waals surface area contributed by atoms with Crippen molar-refractivity contribution in [2.24, 2.45) is 0 Å². The van der Waals surface area contributed by atoms with Gasteiger partial charge in [-0.3, -0.25) is 29.1 Å². The van der Waals surface area contributed by atoms with E-state index in [2.05, 4.69) is 0 Å². The quantitative estimate of drug-likeness (QED) is 0.605. The zero-order valence-corrected chi connectivity index (χ0v) is 15.5. The zero-order valence-electron chi connectivity index (χ0n) is 14.7. The van der Waals surface area contributed by atoms with Gasteiger partial charge in [0.05, 0.1) is 17.9 Å². The standard InChI is InChI=1S/C20H17N3O3S/c1-2-21-19(25)17-18(20(21)26)22(17)11-16(24)23-12-7-3-5-9-14(12)27-15-10-6-4-8-13(15)23/h3-10,17-18H,2,11H2,1H3. The van der Waals surface area contributed by atoms with Crippen molar-refractivity contribution in [3.8, 4) is 0 Å². The number of hydrogen-bond acceptors (Lipinski definition) is 5. The lowest BCUT2D eigenvalue weighted by Crippen LogP contribution is -2.41. The van der Waals surface area contributed by atoms with Crippen LogP contribution in [0.25, 0.3) is 0 Å². The molecule has 0 N–H and O–H groups in total. The van der Waals surface area contributed by atoms with Crippen molar-refractivity contribution in [1.29, 1.82) is 0 Å². The van der Waals surface area contributed by atoms with Gasteiger partial charge in [0.1, 0.15) is 12.1 Å². The van der Waals surface area contributed by atoms with Gasteiger partial charge in [0, 0.05) is 16.3 Å². The number of carbonyl (C=O) groups is 3. The molecule has 136 valence electrons. The molecule has 2 unspecified atom stereocenters. The summed E-state index contributed by atoms with van der Waals surface area (Å²) in [4.78, 5) is 44.5. The predicted molar refractivity (Wildman–Crippen MR) is 101 cm³/mol. The molecule has 0 aliphatic carbocycles. The number of para-hydroxylation sites is 2. The Kier molecular flexibility index (Phi) is 3.63. The Labute approximate surface area is 160 Å². The number of amides is 3. The van der Waals surface area contributed by atoms with Crippen LogP contribution in [0.1, 0.15) is 6.92 Å². The topological polar surface area (TPSA) is 60.7 Å². The molecule has 0 aromatic heterocycles. The Morgan fingerprint density at radius 3 is 1.96 bits per heavy atom. The largest absolute Gasteiger partial charge is 0.280 e. The van der Waals surface area contributed by atoms with Gasteiger partial charge >= 0.3 is 0 Å². The highest BCUT2D eigenvalue weighted by atomic mass is 32.2. The fourth-order valence-corrected chi connectivity index (χ4v) is 5.02. The lowest BCUT2D eigenvalue weighted by atomic mass is 10.2. The fraction of sp³-hybridized carbons (Fsp3) is 0.250. The van der Waals surface area contributed by atoms with Crippen LogP contribution in [0.2, 0.25) is 0 Å². The second-order valence-electron chi connectivity index (χ2n) is 6.75. The molecule has 2 atom stereocenters. The van der Waals surface area contributed by atoms with E-state index in [0.717, 1.165) is 21.2 Å². The number of hydrogen-bond donors (Lipinski definition) is 0. The Bertz CT molecular complexity index is 924. The summed E-state index contributed by atoms with van der Waals surface area (Å²) in [6.07, 6.45) is 0. The van der Waals surface area contributed by atoms with Gasteiger partial charge in [0.2, 0.25) is 17.7 Å². The molecule has 3 amide bonds. The summed E-state index contributed by atoms with van der Waals surface area (Å²) in [7, 11) is 0. The lowest BCUT2D eigenvalue weighted by molar-refractivity contribution is -0.142. The minimum absolute atomic E-state index is 0.0533. The summed E-state index contributed by atoms with van der Waals surface area (Å²) >= 11 is 1.64. The van der Waals surface area contributed by atoms with Gasteiger partial charge in [-0.1, -0.05) is 36.0 Å². The third-order valence-corrected chi connectivity index (χ3v) is 6.41. The minimum Gasteiger partial charge on any atom is -0.280 e. The first kappa shape index (κ1) is 16.5. The number of anilines is 2. The van der Waals surface area contributed by atoms with Crippen molar-refractivity contribution in [2.75, 3.05) is 18.0 Å². The third-order valence-electron chi connectivity index (χ3n) is 5.28. The maximum Gasteiger partial charge on any atom is 0.248 e. The lowest BCUT2D eigenvalue weighted by Gasteiger charge is -2.31. The molecule has 3 aliphatic rings. The Morgan fingerprint density at radius 1 is 0.926 bits per heavy atom. The van der Waals surface area contributed by atoms with Crippen molar-refractivity contribution in [2.45, 2.75) is 28.8 Å². The summed E-state index contributed by atoms with van der Waals surface area (Å²) in [5.41, 5.74) is 1.68. The van der Waals surface area contributed by atoms with Crippen LogP contribution in [-0.4, -0.2) is 52.7 Å². The number of nitrogens with zero attached hydrogens (tertiary/aromatic N) is 3. The van der Waals surface area contributed by atoms with E-state index in [4.69, 9.17) is 0 Å². The highest BCUT2D eigenvalue weighted by Crippen LogP contribution is 2.48. The molecule has 2 aromatic rings. The van der Waals surface area contributed by atoms with Crippen LogP contribution in [0.4, 0.5) is 11.4 Å². The predicted octanol–water partition coefficient (Wildman–Crippen LogP) is 2.26. The van der Waals surface area contributed by atoms with Gasteiger partial charge in [-0.15, -0.1) is 0 Å².